The van der Waals surface area contributed by atoms with Gasteiger partial charge in [0.25, 0.3) is 5.56 Å². The van der Waals surface area contributed by atoms with E-state index >= 15 is 0 Å². The predicted octanol–water partition coefficient (Wildman–Crippen LogP) is 4.71. The molecule has 44 heavy (non-hydrogen) atoms. The number of carboxylic acids is 1. The summed E-state index contributed by atoms with van der Waals surface area (Å²) in [6, 6.07) is 9.34. The van der Waals surface area contributed by atoms with Crippen molar-refractivity contribution >= 4 is 55.8 Å². The van der Waals surface area contributed by atoms with Crippen molar-refractivity contribution in [2.45, 2.75) is 27.3 Å². The molecule has 1 saturated heterocycles. The number of fused-ring (bicyclic) bond motifs is 2. The number of halogens is 1. The molecule has 0 radical (unpaired) electrons. The zero-order valence-electron chi connectivity index (χ0n) is 24.3. The van der Waals surface area contributed by atoms with E-state index in [0.717, 1.165) is 18.7 Å². The van der Waals surface area contributed by atoms with Crippen molar-refractivity contribution in [3.8, 4) is 22.9 Å². The molecule has 2 N–H and O–H groups in total. The fourth-order valence-electron chi connectivity index (χ4n) is 5.58. The first-order valence-electron chi connectivity index (χ1n) is 14.0. The number of piperazine rings is 1. The molecular weight excluding hydrogens is 602 g/mol. The van der Waals surface area contributed by atoms with Gasteiger partial charge >= 0.3 is 5.97 Å². The van der Waals surface area contributed by atoms with E-state index in [2.05, 4.69) is 26.3 Å². The summed E-state index contributed by atoms with van der Waals surface area (Å²) in [5, 5.41) is 25.4. The standard InChI is InChI=1S/C31H28ClN7O4S/c1-16-12-21(28-27(35-16)23(15-44-28)31(41)42)20-13-19(32)4-5-24(20)43-11-10-39-18(3)37-26-17(2)36-29(38-8-6-34-7-9-38)22(14-33)25(26)30(39)40/h4-5,12-13,15,34H,6-11H2,1-3H3,(H,41,42). The van der Waals surface area contributed by atoms with Crippen LogP contribution in [0.5, 0.6) is 5.75 Å². The van der Waals surface area contributed by atoms with Gasteiger partial charge in [-0.15, -0.1) is 11.3 Å². The third kappa shape index (κ3) is 5.23. The van der Waals surface area contributed by atoms with Gasteiger partial charge in [-0.3, -0.25) is 14.3 Å². The second-order valence-electron chi connectivity index (χ2n) is 10.5. The molecule has 5 heterocycles. The number of nitriles is 1. The number of ether oxygens (including phenoxy) is 1. The molecule has 0 atom stereocenters. The van der Waals surface area contributed by atoms with E-state index in [1.807, 2.05) is 11.0 Å². The number of nitrogens with one attached hydrogen (secondary N) is 1. The number of carbonyl (C=O) groups is 1. The summed E-state index contributed by atoms with van der Waals surface area (Å²) in [6.07, 6.45) is 0. The molecule has 0 saturated carbocycles. The summed E-state index contributed by atoms with van der Waals surface area (Å²) in [7, 11) is 0. The summed E-state index contributed by atoms with van der Waals surface area (Å²) < 4.78 is 8.47. The lowest BCUT2D eigenvalue weighted by atomic mass is 10.0. The van der Waals surface area contributed by atoms with Gasteiger partial charge in [0.2, 0.25) is 0 Å². The quantitative estimate of drug-likeness (QED) is 0.260. The number of aryl methyl sites for hydroxylation is 3. The lowest BCUT2D eigenvalue weighted by Gasteiger charge is -2.29. The van der Waals surface area contributed by atoms with Crippen molar-refractivity contribution in [2.75, 3.05) is 37.7 Å². The van der Waals surface area contributed by atoms with E-state index < -0.39 is 5.97 Å². The number of benzene rings is 1. The Bertz CT molecular complexity index is 2060. The number of thiophene rings is 1. The van der Waals surface area contributed by atoms with Crippen LogP contribution >= 0.6 is 22.9 Å². The Kier molecular flexibility index (Phi) is 7.94. The minimum Gasteiger partial charge on any atom is -0.491 e. The Morgan fingerprint density at radius 2 is 1.91 bits per heavy atom. The van der Waals surface area contributed by atoms with E-state index in [1.165, 1.54) is 15.9 Å². The monoisotopic (exact) mass is 629 g/mol. The number of carboxylic acid groups (broad SMARTS) is 1. The van der Waals surface area contributed by atoms with Gasteiger partial charge in [0.15, 0.2) is 0 Å². The van der Waals surface area contributed by atoms with Crippen molar-refractivity contribution in [3.63, 3.8) is 0 Å². The molecule has 0 spiro atoms. The van der Waals surface area contributed by atoms with Crippen LogP contribution in [0, 0.1) is 32.1 Å². The maximum absolute atomic E-state index is 13.9. The third-order valence-corrected chi connectivity index (χ3v) is 8.90. The summed E-state index contributed by atoms with van der Waals surface area (Å²) in [5.41, 5.74) is 3.57. The molecule has 5 aromatic rings. The number of nitrogens with zero attached hydrogens (tertiary/aromatic N) is 6. The number of rotatable bonds is 7. The van der Waals surface area contributed by atoms with E-state index in [1.54, 1.807) is 44.4 Å². The minimum absolute atomic E-state index is 0.122. The Labute approximate surface area is 261 Å². The molecule has 1 aromatic carbocycles. The molecule has 13 heteroatoms. The Morgan fingerprint density at radius 1 is 1.14 bits per heavy atom. The third-order valence-electron chi connectivity index (χ3n) is 7.66. The molecule has 0 aliphatic carbocycles. The van der Waals surface area contributed by atoms with Gasteiger partial charge in [-0.25, -0.2) is 14.8 Å². The lowest BCUT2D eigenvalue weighted by Crippen LogP contribution is -2.44. The summed E-state index contributed by atoms with van der Waals surface area (Å²) in [4.78, 5) is 41.6. The van der Waals surface area contributed by atoms with Gasteiger partial charge < -0.3 is 20.1 Å². The minimum atomic E-state index is -1.04. The van der Waals surface area contributed by atoms with Crippen LogP contribution in [-0.2, 0) is 6.54 Å². The molecule has 0 unspecified atom stereocenters. The molecule has 0 amide bonds. The number of aromatic carboxylic acids is 1. The molecule has 0 bridgehead atoms. The molecule has 224 valence electrons. The summed E-state index contributed by atoms with van der Waals surface area (Å²) in [6.45, 7) is 8.56. The predicted molar refractivity (Wildman–Crippen MR) is 170 cm³/mol. The normalized spacial score (nSPS) is 13.4. The zero-order valence-corrected chi connectivity index (χ0v) is 25.8. The smallest absolute Gasteiger partial charge is 0.338 e. The van der Waals surface area contributed by atoms with Crippen molar-refractivity contribution in [2.24, 2.45) is 0 Å². The van der Waals surface area contributed by atoms with Crippen LogP contribution in [0.1, 0.15) is 33.1 Å². The molecule has 6 rings (SSSR count). The maximum atomic E-state index is 13.9. The average molecular weight is 630 g/mol. The number of hydrogen-bond acceptors (Lipinski definition) is 10. The highest BCUT2D eigenvalue weighted by Crippen LogP contribution is 2.40. The summed E-state index contributed by atoms with van der Waals surface area (Å²) >= 11 is 7.69. The first kappa shape index (κ1) is 29.5. The Balaban J connectivity index is 1.36. The van der Waals surface area contributed by atoms with Crippen LogP contribution in [0.25, 0.3) is 32.2 Å². The van der Waals surface area contributed by atoms with Crippen molar-refractivity contribution in [1.29, 1.82) is 5.26 Å². The van der Waals surface area contributed by atoms with Gasteiger partial charge in [-0.2, -0.15) is 5.26 Å². The number of anilines is 1. The molecular formula is C31H28ClN7O4S. The van der Waals surface area contributed by atoms with Crippen LogP contribution in [0.2, 0.25) is 5.02 Å². The van der Waals surface area contributed by atoms with E-state index in [0.29, 0.717) is 68.2 Å². The second kappa shape index (κ2) is 11.8. The van der Waals surface area contributed by atoms with E-state index in [9.17, 15) is 20.0 Å². The largest absolute Gasteiger partial charge is 0.491 e. The van der Waals surface area contributed by atoms with Gasteiger partial charge in [0.1, 0.15) is 41.1 Å². The highest BCUT2D eigenvalue weighted by molar-refractivity contribution is 7.18. The van der Waals surface area contributed by atoms with Crippen molar-refractivity contribution in [1.82, 2.24) is 24.8 Å². The topological polar surface area (TPSA) is 146 Å². The van der Waals surface area contributed by atoms with Crippen molar-refractivity contribution in [3.05, 3.63) is 73.4 Å². The molecule has 1 fully saturated rings. The second-order valence-corrected chi connectivity index (χ2v) is 11.8. The molecule has 1 aliphatic heterocycles. The van der Waals surface area contributed by atoms with Gasteiger partial charge in [0, 0.05) is 53.4 Å². The highest BCUT2D eigenvalue weighted by Gasteiger charge is 2.24. The van der Waals surface area contributed by atoms with Crippen LogP contribution < -0.4 is 20.5 Å². The van der Waals surface area contributed by atoms with Crippen molar-refractivity contribution < 1.29 is 14.6 Å². The Morgan fingerprint density at radius 3 is 2.64 bits per heavy atom. The number of hydrogen-bond donors (Lipinski definition) is 2. The van der Waals surface area contributed by atoms with E-state index in [-0.39, 0.29) is 35.2 Å². The molecule has 4 aromatic heterocycles. The van der Waals surface area contributed by atoms with Crippen LogP contribution in [0.3, 0.4) is 0 Å². The molecule has 11 nitrogen and oxygen atoms in total. The van der Waals surface area contributed by atoms with Crippen LogP contribution in [0.15, 0.2) is 34.4 Å². The lowest BCUT2D eigenvalue weighted by molar-refractivity contribution is 0.0699. The fraction of sp³-hybridized carbons (Fsp3) is 0.290. The average Bonchev–Trinajstić information content (AvgIpc) is 3.44. The van der Waals surface area contributed by atoms with Crippen LogP contribution in [0.4, 0.5) is 5.82 Å². The first-order chi connectivity index (χ1) is 21.2. The SMILES string of the molecule is Cc1cc(-c2cc(Cl)ccc2OCCn2c(C)nc3c(C)nc(N4CCNCC4)c(C#N)c3c2=O)c2scc(C(=O)O)c2n1. The van der Waals surface area contributed by atoms with E-state index in [4.69, 9.17) is 16.3 Å². The fourth-order valence-corrected chi connectivity index (χ4v) is 6.76. The molecule has 1 aliphatic rings. The van der Waals surface area contributed by atoms with Gasteiger partial charge in [-0.1, -0.05) is 11.6 Å². The van der Waals surface area contributed by atoms with Gasteiger partial charge in [0.05, 0.1) is 33.4 Å². The zero-order chi connectivity index (χ0) is 31.1. The highest BCUT2D eigenvalue weighted by atomic mass is 35.5. The number of pyridine rings is 2. The Hall–Kier alpha value is -4.57. The summed E-state index contributed by atoms with van der Waals surface area (Å²) in [5.74, 6) is 0.467. The number of aromatic nitrogens is 4. The first-order valence-corrected chi connectivity index (χ1v) is 15.3. The van der Waals surface area contributed by atoms with Gasteiger partial charge in [-0.05, 0) is 45.0 Å². The van der Waals surface area contributed by atoms with Crippen LogP contribution in [-0.4, -0.2) is 63.4 Å². The maximum Gasteiger partial charge on any atom is 0.338 e.